The van der Waals surface area contributed by atoms with Crippen LogP contribution in [0.1, 0.15) is 0 Å². The monoisotopic (exact) mass is 522 g/mol. The molecule has 170 valence electrons. The van der Waals surface area contributed by atoms with Gasteiger partial charge in [-0.15, -0.1) is 23.1 Å². The number of H-pyrrole nitrogens is 1. The summed E-state index contributed by atoms with van der Waals surface area (Å²) in [5, 5.41) is 2.76. The Morgan fingerprint density at radius 3 is 2.45 bits per heavy atom. The molecule has 0 fully saturated rings. The number of halogens is 1. The molecular weight excluding hydrogens is 508 g/mol. The van der Waals surface area contributed by atoms with E-state index in [1.54, 1.807) is 12.1 Å². The summed E-state index contributed by atoms with van der Waals surface area (Å²) in [6, 6.07) is 12.7. The van der Waals surface area contributed by atoms with Crippen LogP contribution >= 0.6 is 34.7 Å². The number of urea groups is 1. The van der Waals surface area contributed by atoms with Crippen LogP contribution in [0.3, 0.4) is 0 Å². The van der Waals surface area contributed by atoms with Gasteiger partial charge in [0.1, 0.15) is 4.21 Å². The van der Waals surface area contributed by atoms with E-state index in [-0.39, 0.29) is 19.9 Å². The first-order chi connectivity index (χ1) is 15.7. The summed E-state index contributed by atoms with van der Waals surface area (Å²) in [4.78, 5) is 41.2. The fourth-order valence-corrected chi connectivity index (χ4v) is 5.85. The molecule has 0 aliphatic heterocycles. The number of aromatic nitrogens is 2. The second-order valence-corrected chi connectivity index (χ2v) is 11.2. The number of benzene rings is 2. The van der Waals surface area contributed by atoms with Crippen LogP contribution in [0.15, 0.2) is 73.3 Å². The largest absolute Gasteiger partial charge is 0.333 e. The second kappa shape index (κ2) is 9.06. The average Bonchev–Trinajstić information content (AvgIpc) is 3.22. The van der Waals surface area contributed by atoms with E-state index in [0.29, 0.717) is 10.9 Å². The Morgan fingerprint density at radius 2 is 1.82 bits per heavy atom. The summed E-state index contributed by atoms with van der Waals surface area (Å²) in [7, 11) is -4.07. The van der Waals surface area contributed by atoms with Crippen molar-refractivity contribution in [1.82, 2.24) is 14.3 Å². The van der Waals surface area contributed by atoms with Gasteiger partial charge in [0.05, 0.1) is 20.9 Å². The van der Waals surface area contributed by atoms with Crippen LogP contribution in [-0.4, -0.2) is 30.3 Å². The molecule has 33 heavy (non-hydrogen) atoms. The molecule has 9 nitrogen and oxygen atoms in total. The predicted molar refractivity (Wildman–Crippen MR) is 131 cm³/mol. The third-order valence-electron chi connectivity index (χ3n) is 4.53. The molecule has 4 rings (SSSR count). The Kier molecular flexibility index (Phi) is 6.34. The topological polar surface area (TPSA) is 130 Å². The first kappa shape index (κ1) is 23.1. The number of rotatable bonds is 5. The molecule has 3 N–H and O–H groups in total. The Hall–Kier alpha value is -3.06. The lowest BCUT2D eigenvalue weighted by Gasteiger charge is -2.10. The van der Waals surface area contributed by atoms with Gasteiger partial charge in [-0.05, 0) is 60.9 Å². The first-order valence-corrected chi connectivity index (χ1v) is 13.1. The highest BCUT2D eigenvalue weighted by atomic mass is 35.5. The number of thiophene rings is 1. The van der Waals surface area contributed by atoms with Crippen LogP contribution in [0.4, 0.5) is 10.5 Å². The minimum Gasteiger partial charge on any atom is -0.307 e. The second-order valence-electron chi connectivity index (χ2n) is 6.65. The van der Waals surface area contributed by atoms with Gasteiger partial charge in [-0.1, -0.05) is 11.6 Å². The Labute approximate surface area is 200 Å². The van der Waals surface area contributed by atoms with Crippen molar-refractivity contribution in [3.8, 4) is 5.69 Å². The maximum Gasteiger partial charge on any atom is 0.333 e. The number of aromatic amines is 1. The van der Waals surface area contributed by atoms with Gasteiger partial charge < -0.3 is 10.3 Å². The molecule has 0 atom stereocenters. The molecule has 2 heterocycles. The third kappa shape index (κ3) is 4.83. The molecule has 0 bridgehead atoms. The van der Waals surface area contributed by atoms with Crippen molar-refractivity contribution in [2.24, 2.45) is 0 Å². The molecule has 4 aromatic rings. The van der Waals surface area contributed by atoms with E-state index in [0.717, 1.165) is 20.8 Å². The van der Waals surface area contributed by atoms with E-state index in [1.807, 2.05) is 17.0 Å². The standard InChI is InChI=1S/C20H15ClN4O5S3/c1-31-13-6-7-15-14(10-13)18(26)25(20(28)23-15)12-4-2-11(3-5-12)22-19(27)24-33(29,30)17-9-8-16(21)32-17/h2-10H,1H3,(H,23,28)(H2,22,24,27). The number of sulfonamides is 1. The first-order valence-electron chi connectivity index (χ1n) is 9.20. The summed E-state index contributed by atoms with van der Waals surface area (Å²) < 4.78 is 27.5. The van der Waals surface area contributed by atoms with E-state index in [4.69, 9.17) is 11.6 Å². The molecule has 2 aromatic heterocycles. The fourth-order valence-electron chi connectivity index (χ4n) is 3.02. The summed E-state index contributed by atoms with van der Waals surface area (Å²) in [6.45, 7) is 0. The quantitative estimate of drug-likeness (QED) is 0.343. The highest BCUT2D eigenvalue weighted by Gasteiger charge is 2.20. The summed E-state index contributed by atoms with van der Waals surface area (Å²) >= 11 is 8.03. The molecule has 0 saturated heterocycles. The van der Waals surface area contributed by atoms with E-state index in [2.05, 4.69) is 10.3 Å². The number of thioether (sulfide) groups is 1. The van der Waals surface area contributed by atoms with E-state index in [9.17, 15) is 22.8 Å². The Morgan fingerprint density at radius 1 is 1.09 bits per heavy atom. The van der Waals surface area contributed by atoms with Crippen LogP contribution in [-0.2, 0) is 10.0 Å². The summed E-state index contributed by atoms with van der Waals surface area (Å²) in [6.07, 6.45) is 1.88. The number of hydrogen-bond donors (Lipinski definition) is 3. The lowest BCUT2D eigenvalue weighted by molar-refractivity contribution is 0.256. The molecule has 0 unspecified atom stereocenters. The number of carbonyl (C=O) groups is 1. The molecule has 13 heteroatoms. The van der Waals surface area contributed by atoms with Crippen molar-refractivity contribution in [1.29, 1.82) is 0 Å². The van der Waals surface area contributed by atoms with E-state index >= 15 is 0 Å². The van der Waals surface area contributed by atoms with Gasteiger partial charge in [0.25, 0.3) is 15.6 Å². The molecule has 0 aliphatic rings. The van der Waals surface area contributed by atoms with Crippen molar-refractivity contribution in [3.63, 3.8) is 0 Å². The van der Waals surface area contributed by atoms with Crippen LogP contribution in [0.5, 0.6) is 0 Å². The fraction of sp³-hybridized carbons (Fsp3) is 0.0500. The maximum absolute atomic E-state index is 13.0. The Balaban J connectivity index is 1.57. The summed E-state index contributed by atoms with van der Waals surface area (Å²) in [5.74, 6) is 0. The number of fused-ring (bicyclic) bond motifs is 1. The lowest BCUT2D eigenvalue weighted by atomic mass is 10.2. The Bertz CT molecular complexity index is 1590. The van der Waals surface area contributed by atoms with Crippen molar-refractivity contribution >= 4 is 67.3 Å². The van der Waals surface area contributed by atoms with Crippen LogP contribution in [0.2, 0.25) is 4.34 Å². The van der Waals surface area contributed by atoms with Crippen molar-refractivity contribution in [3.05, 3.63) is 79.8 Å². The predicted octanol–water partition coefficient (Wildman–Crippen LogP) is 3.63. The highest BCUT2D eigenvalue weighted by molar-refractivity contribution is 7.98. The van der Waals surface area contributed by atoms with Crippen molar-refractivity contribution < 1.29 is 13.2 Å². The number of nitrogens with zero attached hydrogens (tertiary/aromatic N) is 1. The van der Waals surface area contributed by atoms with Gasteiger partial charge in [-0.2, -0.15) is 0 Å². The number of nitrogens with one attached hydrogen (secondary N) is 3. The van der Waals surface area contributed by atoms with Crippen LogP contribution in [0, 0.1) is 0 Å². The number of carbonyl (C=O) groups excluding carboxylic acids is 1. The van der Waals surface area contributed by atoms with Gasteiger partial charge in [-0.25, -0.2) is 27.3 Å². The number of hydrogen-bond acceptors (Lipinski definition) is 7. The number of anilines is 1. The number of amides is 2. The lowest BCUT2D eigenvalue weighted by Crippen LogP contribution is -2.34. The van der Waals surface area contributed by atoms with Crippen molar-refractivity contribution in [2.45, 2.75) is 9.10 Å². The molecule has 2 amide bonds. The van der Waals surface area contributed by atoms with Gasteiger partial charge in [0.2, 0.25) is 0 Å². The maximum atomic E-state index is 13.0. The molecular formula is C20H15ClN4O5S3. The average molecular weight is 523 g/mol. The normalized spacial score (nSPS) is 11.5. The minimum absolute atomic E-state index is 0.0995. The zero-order chi connectivity index (χ0) is 23.8. The van der Waals surface area contributed by atoms with Crippen molar-refractivity contribution in [2.75, 3.05) is 11.6 Å². The van der Waals surface area contributed by atoms with Gasteiger partial charge in [0, 0.05) is 10.6 Å². The smallest absolute Gasteiger partial charge is 0.307 e. The highest BCUT2D eigenvalue weighted by Crippen LogP contribution is 2.25. The van der Waals surface area contributed by atoms with Gasteiger partial charge in [-0.3, -0.25) is 4.79 Å². The molecule has 0 spiro atoms. The minimum atomic E-state index is -4.07. The zero-order valence-corrected chi connectivity index (χ0v) is 20.0. The van der Waals surface area contributed by atoms with Crippen LogP contribution in [0.25, 0.3) is 16.6 Å². The van der Waals surface area contributed by atoms with Gasteiger partial charge in [0.15, 0.2) is 0 Å². The van der Waals surface area contributed by atoms with Gasteiger partial charge >= 0.3 is 11.7 Å². The molecule has 2 aromatic carbocycles. The van der Waals surface area contributed by atoms with E-state index in [1.165, 1.54) is 48.2 Å². The molecule has 0 radical (unpaired) electrons. The summed E-state index contributed by atoms with van der Waals surface area (Å²) in [5.41, 5.74) is -0.121. The molecule has 0 aliphatic carbocycles. The third-order valence-corrected chi connectivity index (χ3v) is 8.31. The SMILES string of the molecule is CSc1ccc2[nH]c(=O)n(-c3ccc(NC(=O)NS(=O)(=O)c4ccc(Cl)s4)cc3)c(=O)c2c1. The van der Waals surface area contributed by atoms with Crippen LogP contribution < -0.4 is 21.3 Å². The zero-order valence-electron chi connectivity index (χ0n) is 16.8. The molecule has 0 saturated carbocycles. The van der Waals surface area contributed by atoms with E-state index < -0.39 is 27.3 Å².